The maximum absolute atomic E-state index is 11.8. The van der Waals surface area contributed by atoms with E-state index in [2.05, 4.69) is 9.88 Å². The van der Waals surface area contributed by atoms with Crippen molar-refractivity contribution >= 4 is 5.91 Å². The fourth-order valence-electron chi connectivity index (χ4n) is 2.57. The first kappa shape index (κ1) is 16.1. The van der Waals surface area contributed by atoms with Gasteiger partial charge in [0, 0.05) is 31.9 Å². The van der Waals surface area contributed by atoms with E-state index in [9.17, 15) is 9.90 Å². The number of phenolic OH excluding ortho intramolecular Hbond substituents is 1. The largest absolute Gasteiger partial charge is 0.507 e. The van der Waals surface area contributed by atoms with E-state index >= 15 is 0 Å². The van der Waals surface area contributed by atoms with Crippen LogP contribution < -0.4 is 5.32 Å². The predicted octanol–water partition coefficient (Wildman–Crippen LogP) is 2.95. The van der Waals surface area contributed by atoms with Crippen LogP contribution in [0.4, 0.5) is 0 Å². The average molecular weight is 300 g/mol. The standard InChI is InChI=1S/C18H24N2O2/c1-14-12-16(13-15(2)18(14)22)7-8-19-17(21)6-5-11-20-9-3-4-10-20/h3-4,9-10,12-13,22H,5-8,11H2,1-2H3,(H,19,21). The van der Waals surface area contributed by atoms with E-state index in [0.29, 0.717) is 18.7 Å². The molecule has 2 aromatic rings. The Morgan fingerprint density at radius 3 is 2.45 bits per heavy atom. The highest BCUT2D eigenvalue weighted by Crippen LogP contribution is 2.22. The van der Waals surface area contributed by atoms with Crippen LogP contribution in [-0.2, 0) is 17.8 Å². The van der Waals surface area contributed by atoms with Gasteiger partial charge in [-0.3, -0.25) is 4.79 Å². The lowest BCUT2D eigenvalue weighted by atomic mass is 10.0. The fourth-order valence-corrected chi connectivity index (χ4v) is 2.57. The van der Waals surface area contributed by atoms with E-state index in [1.807, 2.05) is 50.5 Å². The molecule has 2 N–H and O–H groups in total. The molecule has 1 aromatic carbocycles. The van der Waals surface area contributed by atoms with Gasteiger partial charge in [0.15, 0.2) is 0 Å². The van der Waals surface area contributed by atoms with Crippen LogP contribution in [0, 0.1) is 13.8 Å². The van der Waals surface area contributed by atoms with Gasteiger partial charge in [-0.2, -0.15) is 0 Å². The average Bonchev–Trinajstić information content (AvgIpc) is 2.98. The van der Waals surface area contributed by atoms with E-state index in [1.54, 1.807) is 0 Å². The summed E-state index contributed by atoms with van der Waals surface area (Å²) in [5.74, 6) is 0.456. The van der Waals surface area contributed by atoms with E-state index in [4.69, 9.17) is 0 Å². The number of amides is 1. The van der Waals surface area contributed by atoms with E-state index in [0.717, 1.165) is 36.1 Å². The maximum Gasteiger partial charge on any atom is 0.220 e. The number of nitrogens with zero attached hydrogens (tertiary/aromatic N) is 1. The molecular weight excluding hydrogens is 276 g/mol. The van der Waals surface area contributed by atoms with Crippen molar-refractivity contribution in [2.24, 2.45) is 0 Å². The van der Waals surface area contributed by atoms with Gasteiger partial charge in [-0.25, -0.2) is 0 Å². The summed E-state index contributed by atoms with van der Waals surface area (Å²) in [7, 11) is 0. The molecule has 0 aliphatic carbocycles. The van der Waals surface area contributed by atoms with Gasteiger partial charge in [0.25, 0.3) is 0 Å². The molecule has 1 amide bonds. The highest BCUT2D eigenvalue weighted by Gasteiger charge is 2.05. The van der Waals surface area contributed by atoms with Crippen molar-refractivity contribution in [2.75, 3.05) is 6.54 Å². The number of aromatic nitrogens is 1. The number of aromatic hydroxyl groups is 1. The first-order valence-electron chi connectivity index (χ1n) is 7.73. The Bertz CT molecular complexity index is 595. The number of hydrogen-bond acceptors (Lipinski definition) is 2. The zero-order chi connectivity index (χ0) is 15.9. The summed E-state index contributed by atoms with van der Waals surface area (Å²) in [5, 5.41) is 12.7. The Hall–Kier alpha value is -2.23. The minimum Gasteiger partial charge on any atom is -0.507 e. The third-order valence-corrected chi connectivity index (χ3v) is 3.77. The summed E-state index contributed by atoms with van der Waals surface area (Å²) in [6, 6.07) is 7.92. The highest BCUT2D eigenvalue weighted by molar-refractivity contribution is 5.75. The Morgan fingerprint density at radius 2 is 1.82 bits per heavy atom. The highest BCUT2D eigenvalue weighted by atomic mass is 16.3. The molecule has 1 heterocycles. The summed E-state index contributed by atoms with van der Waals surface area (Å²) in [5.41, 5.74) is 2.90. The molecule has 2 rings (SSSR count). The van der Waals surface area contributed by atoms with Gasteiger partial charge in [0.05, 0.1) is 0 Å². The topological polar surface area (TPSA) is 54.3 Å². The molecule has 0 bridgehead atoms. The normalized spacial score (nSPS) is 10.6. The first-order chi connectivity index (χ1) is 10.6. The molecule has 0 unspecified atom stereocenters. The van der Waals surface area contributed by atoms with Gasteiger partial charge < -0.3 is 15.0 Å². The quantitative estimate of drug-likeness (QED) is 0.826. The summed E-state index contributed by atoms with van der Waals surface area (Å²) in [6.07, 6.45) is 6.19. The lowest BCUT2D eigenvalue weighted by Gasteiger charge is -2.09. The van der Waals surface area contributed by atoms with Crippen LogP contribution in [0.5, 0.6) is 5.75 Å². The number of rotatable bonds is 7. The number of carbonyl (C=O) groups is 1. The van der Waals surface area contributed by atoms with Crippen LogP contribution in [0.25, 0.3) is 0 Å². The number of nitrogens with one attached hydrogen (secondary N) is 1. The van der Waals surface area contributed by atoms with Crippen molar-refractivity contribution in [1.29, 1.82) is 0 Å². The molecule has 0 radical (unpaired) electrons. The molecule has 4 nitrogen and oxygen atoms in total. The van der Waals surface area contributed by atoms with Crippen LogP contribution in [0.15, 0.2) is 36.7 Å². The molecule has 4 heteroatoms. The summed E-state index contributed by atoms with van der Waals surface area (Å²) >= 11 is 0. The number of aryl methyl sites for hydroxylation is 3. The zero-order valence-corrected chi connectivity index (χ0v) is 13.3. The molecule has 0 aliphatic rings. The minimum absolute atomic E-state index is 0.0966. The first-order valence-corrected chi connectivity index (χ1v) is 7.73. The van der Waals surface area contributed by atoms with E-state index in [1.165, 1.54) is 0 Å². The number of phenols is 1. The second kappa shape index (κ2) is 7.69. The Morgan fingerprint density at radius 1 is 1.18 bits per heavy atom. The monoisotopic (exact) mass is 300 g/mol. The third kappa shape index (κ3) is 4.65. The molecular formula is C18H24N2O2. The summed E-state index contributed by atoms with van der Waals surface area (Å²) in [4.78, 5) is 11.8. The van der Waals surface area contributed by atoms with Crippen molar-refractivity contribution in [3.8, 4) is 5.75 Å². The van der Waals surface area contributed by atoms with Gasteiger partial charge >= 0.3 is 0 Å². The molecule has 0 atom stereocenters. The molecule has 0 fully saturated rings. The predicted molar refractivity (Wildman–Crippen MR) is 88.0 cm³/mol. The van der Waals surface area contributed by atoms with Crippen LogP contribution in [0.3, 0.4) is 0 Å². The van der Waals surface area contributed by atoms with Crippen LogP contribution in [-0.4, -0.2) is 22.1 Å². The molecule has 0 aliphatic heterocycles. The van der Waals surface area contributed by atoms with Crippen LogP contribution >= 0.6 is 0 Å². The maximum atomic E-state index is 11.8. The second-order valence-electron chi connectivity index (χ2n) is 5.70. The Kier molecular flexibility index (Phi) is 5.64. The Balaban J connectivity index is 1.68. The van der Waals surface area contributed by atoms with E-state index in [-0.39, 0.29) is 5.91 Å². The second-order valence-corrected chi connectivity index (χ2v) is 5.70. The van der Waals surface area contributed by atoms with Gasteiger partial charge in [0.2, 0.25) is 5.91 Å². The zero-order valence-electron chi connectivity index (χ0n) is 13.3. The van der Waals surface area contributed by atoms with Gasteiger partial charge in [-0.15, -0.1) is 0 Å². The van der Waals surface area contributed by atoms with Crippen LogP contribution in [0.1, 0.15) is 29.5 Å². The molecule has 22 heavy (non-hydrogen) atoms. The van der Waals surface area contributed by atoms with E-state index < -0.39 is 0 Å². The molecule has 0 saturated carbocycles. The van der Waals surface area contributed by atoms with Crippen molar-refractivity contribution in [1.82, 2.24) is 9.88 Å². The third-order valence-electron chi connectivity index (χ3n) is 3.77. The van der Waals surface area contributed by atoms with Crippen molar-refractivity contribution in [3.63, 3.8) is 0 Å². The Labute approximate surface area is 131 Å². The van der Waals surface area contributed by atoms with Crippen LogP contribution in [0.2, 0.25) is 0 Å². The SMILES string of the molecule is Cc1cc(CCNC(=O)CCCn2cccc2)cc(C)c1O. The lowest BCUT2D eigenvalue weighted by molar-refractivity contribution is -0.121. The van der Waals surface area contributed by atoms with Crippen molar-refractivity contribution in [3.05, 3.63) is 53.3 Å². The van der Waals surface area contributed by atoms with Crippen molar-refractivity contribution in [2.45, 2.75) is 39.7 Å². The molecule has 118 valence electrons. The van der Waals surface area contributed by atoms with Crippen molar-refractivity contribution < 1.29 is 9.90 Å². The number of hydrogen-bond donors (Lipinski definition) is 2. The minimum atomic E-state index is 0.0966. The van der Waals surface area contributed by atoms with Gasteiger partial charge in [-0.05, 0) is 55.5 Å². The smallest absolute Gasteiger partial charge is 0.220 e. The summed E-state index contributed by atoms with van der Waals surface area (Å²) in [6.45, 7) is 5.29. The molecule has 0 saturated heterocycles. The number of benzene rings is 1. The van der Waals surface area contributed by atoms with Gasteiger partial charge in [-0.1, -0.05) is 12.1 Å². The molecule has 0 spiro atoms. The molecule has 1 aromatic heterocycles. The number of carbonyl (C=O) groups excluding carboxylic acids is 1. The van der Waals surface area contributed by atoms with Gasteiger partial charge in [0.1, 0.15) is 5.75 Å². The summed E-state index contributed by atoms with van der Waals surface area (Å²) < 4.78 is 2.08. The fraction of sp³-hybridized carbons (Fsp3) is 0.389. The lowest BCUT2D eigenvalue weighted by Crippen LogP contribution is -2.25.